The third-order valence-corrected chi connectivity index (χ3v) is 4.85. The largest absolute Gasteiger partial charge is 0.390 e. The topological polar surface area (TPSA) is 66.4 Å². The summed E-state index contributed by atoms with van der Waals surface area (Å²) in [5, 5.41) is 12.7. The summed E-state index contributed by atoms with van der Waals surface area (Å²) in [5.74, 6) is -0.0987. The minimum Gasteiger partial charge on any atom is -0.390 e. The van der Waals surface area contributed by atoms with Gasteiger partial charge in [0.25, 0.3) is 0 Å². The number of aliphatic hydroxyl groups is 1. The Hall–Kier alpha value is -0.910. The average molecular weight is 255 g/mol. The summed E-state index contributed by atoms with van der Waals surface area (Å²) in [7, 11) is -3.07. The normalized spacial score (nSPS) is 27.2. The third kappa shape index (κ3) is 3.06. The fourth-order valence-electron chi connectivity index (χ4n) is 2.07. The second-order valence-electron chi connectivity index (χ2n) is 4.56. The Morgan fingerprint density at radius 1 is 1.35 bits per heavy atom. The molecule has 0 aliphatic carbocycles. The Morgan fingerprint density at radius 3 is 2.65 bits per heavy atom. The first-order valence-electron chi connectivity index (χ1n) is 5.64. The van der Waals surface area contributed by atoms with Crippen LogP contribution in [0, 0.1) is 6.92 Å². The summed E-state index contributed by atoms with van der Waals surface area (Å²) < 4.78 is 22.7. The lowest BCUT2D eigenvalue weighted by Gasteiger charge is -2.15. The molecule has 0 bridgehead atoms. The van der Waals surface area contributed by atoms with Gasteiger partial charge in [-0.05, 0) is 18.1 Å². The van der Waals surface area contributed by atoms with Gasteiger partial charge in [-0.25, -0.2) is 8.42 Å². The van der Waals surface area contributed by atoms with Gasteiger partial charge in [-0.15, -0.1) is 0 Å². The first-order chi connectivity index (χ1) is 7.98. The highest BCUT2D eigenvalue weighted by molar-refractivity contribution is 7.91. The van der Waals surface area contributed by atoms with Crippen molar-refractivity contribution < 1.29 is 13.5 Å². The number of nitrogens with one attached hydrogen (secondary N) is 1. The SMILES string of the molecule is Cc1ccccc1CN[C@@H]1CS(=O)(=O)C[C@H]1O. The van der Waals surface area contributed by atoms with Crippen molar-refractivity contribution in [3.8, 4) is 0 Å². The first-order valence-corrected chi connectivity index (χ1v) is 7.46. The molecule has 1 aromatic rings. The summed E-state index contributed by atoms with van der Waals surface area (Å²) >= 11 is 0. The van der Waals surface area contributed by atoms with E-state index in [1.54, 1.807) is 0 Å². The second kappa shape index (κ2) is 4.76. The average Bonchev–Trinajstić information content (AvgIpc) is 2.51. The van der Waals surface area contributed by atoms with Crippen LogP contribution in [0.25, 0.3) is 0 Å². The Bertz CT molecular complexity index is 498. The first kappa shape index (κ1) is 12.5. The van der Waals surface area contributed by atoms with Crippen LogP contribution in [0.3, 0.4) is 0 Å². The maximum atomic E-state index is 11.3. The van der Waals surface area contributed by atoms with Crippen LogP contribution in [-0.2, 0) is 16.4 Å². The van der Waals surface area contributed by atoms with Crippen LogP contribution in [0.4, 0.5) is 0 Å². The number of hydrogen-bond acceptors (Lipinski definition) is 4. The maximum absolute atomic E-state index is 11.3. The van der Waals surface area contributed by atoms with E-state index in [1.807, 2.05) is 31.2 Å². The molecule has 0 spiro atoms. The number of benzene rings is 1. The molecule has 1 saturated heterocycles. The fraction of sp³-hybridized carbons (Fsp3) is 0.500. The van der Waals surface area contributed by atoms with Crippen LogP contribution < -0.4 is 5.32 Å². The van der Waals surface area contributed by atoms with Gasteiger partial charge in [0, 0.05) is 12.6 Å². The third-order valence-electron chi connectivity index (χ3n) is 3.14. The minimum atomic E-state index is -3.07. The number of sulfone groups is 1. The molecule has 1 heterocycles. The van der Waals surface area contributed by atoms with Crippen LogP contribution >= 0.6 is 0 Å². The van der Waals surface area contributed by atoms with Gasteiger partial charge < -0.3 is 10.4 Å². The summed E-state index contributed by atoms with van der Waals surface area (Å²) in [4.78, 5) is 0. The van der Waals surface area contributed by atoms with Crippen molar-refractivity contribution in [1.29, 1.82) is 0 Å². The number of aryl methyl sites for hydroxylation is 1. The Kier molecular flexibility index (Phi) is 3.51. The minimum absolute atomic E-state index is 0.0278. The lowest BCUT2D eigenvalue weighted by molar-refractivity contribution is 0.165. The van der Waals surface area contributed by atoms with Gasteiger partial charge in [-0.3, -0.25) is 0 Å². The molecular weight excluding hydrogens is 238 g/mol. The number of hydrogen-bond donors (Lipinski definition) is 2. The highest BCUT2D eigenvalue weighted by atomic mass is 32.2. The molecule has 1 aliphatic heterocycles. The quantitative estimate of drug-likeness (QED) is 0.812. The van der Waals surface area contributed by atoms with Gasteiger partial charge >= 0.3 is 0 Å². The number of aliphatic hydroxyl groups excluding tert-OH is 1. The molecule has 94 valence electrons. The van der Waals surface area contributed by atoms with Crippen LogP contribution in [0.15, 0.2) is 24.3 Å². The summed E-state index contributed by atoms with van der Waals surface area (Å²) in [6.45, 7) is 2.60. The zero-order valence-electron chi connectivity index (χ0n) is 9.76. The van der Waals surface area contributed by atoms with E-state index in [4.69, 9.17) is 0 Å². The predicted molar refractivity (Wildman–Crippen MR) is 66.5 cm³/mol. The number of rotatable bonds is 3. The van der Waals surface area contributed by atoms with E-state index in [0.29, 0.717) is 6.54 Å². The van der Waals surface area contributed by atoms with Gasteiger partial charge in [0.15, 0.2) is 9.84 Å². The molecule has 1 aliphatic rings. The molecule has 0 amide bonds. The van der Waals surface area contributed by atoms with E-state index in [0.717, 1.165) is 11.1 Å². The molecule has 0 saturated carbocycles. The van der Waals surface area contributed by atoms with E-state index in [2.05, 4.69) is 5.32 Å². The predicted octanol–water partition coefficient (Wildman–Crippen LogP) is 0.243. The van der Waals surface area contributed by atoms with Crippen molar-refractivity contribution in [2.75, 3.05) is 11.5 Å². The standard InChI is InChI=1S/C12H17NO3S/c1-9-4-2-3-5-10(9)6-13-11-7-17(15,16)8-12(11)14/h2-5,11-14H,6-8H2,1H3/t11-,12-/m1/s1. The molecule has 1 aromatic carbocycles. The molecule has 0 aromatic heterocycles. The molecule has 0 unspecified atom stereocenters. The van der Waals surface area contributed by atoms with Crippen molar-refractivity contribution in [1.82, 2.24) is 5.32 Å². The smallest absolute Gasteiger partial charge is 0.154 e. The highest BCUT2D eigenvalue weighted by Crippen LogP contribution is 2.14. The van der Waals surface area contributed by atoms with Crippen LogP contribution in [-0.4, -0.2) is 37.2 Å². The van der Waals surface area contributed by atoms with E-state index in [-0.39, 0.29) is 17.5 Å². The molecular formula is C12H17NO3S. The summed E-state index contributed by atoms with van der Waals surface area (Å²) in [5.41, 5.74) is 2.29. The van der Waals surface area contributed by atoms with Crippen LogP contribution in [0.2, 0.25) is 0 Å². The van der Waals surface area contributed by atoms with Crippen LogP contribution in [0.1, 0.15) is 11.1 Å². The van der Waals surface area contributed by atoms with Gasteiger partial charge in [0.1, 0.15) is 0 Å². The molecule has 0 radical (unpaired) electrons. The Labute approximate surface area is 102 Å². The lowest BCUT2D eigenvalue weighted by atomic mass is 10.1. The molecule has 2 N–H and O–H groups in total. The van der Waals surface area contributed by atoms with Crippen molar-refractivity contribution in [2.45, 2.75) is 25.6 Å². The van der Waals surface area contributed by atoms with Gasteiger partial charge in [0.2, 0.25) is 0 Å². The van der Waals surface area contributed by atoms with E-state index in [9.17, 15) is 13.5 Å². The van der Waals surface area contributed by atoms with E-state index < -0.39 is 15.9 Å². The Morgan fingerprint density at radius 2 is 2.06 bits per heavy atom. The van der Waals surface area contributed by atoms with E-state index >= 15 is 0 Å². The van der Waals surface area contributed by atoms with Gasteiger partial charge in [-0.1, -0.05) is 24.3 Å². The van der Waals surface area contributed by atoms with E-state index in [1.165, 1.54) is 0 Å². The highest BCUT2D eigenvalue weighted by Gasteiger charge is 2.35. The molecule has 2 atom stereocenters. The van der Waals surface area contributed by atoms with Crippen molar-refractivity contribution in [3.63, 3.8) is 0 Å². The summed E-state index contributed by atoms with van der Waals surface area (Å²) in [6.07, 6.45) is -0.788. The molecule has 5 heteroatoms. The monoisotopic (exact) mass is 255 g/mol. The molecule has 17 heavy (non-hydrogen) atoms. The van der Waals surface area contributed by atoms with Gasteiger partial charge in [0.05, 0.1) is 17.6 Å². The Balaban J connectivity index is 1.98. The van der Waals surface area contributed by atoms with Gasteiger partial charge in [-0.2, -0.15) is 0 Å². The van der Waals surface area contributed by atoms with Crippen molar-refractivity contribution >= 4 is 9.84 Å². The van der Waals surface area contributed by atoms with Crippen molar-refractivity contribution in [3.05, 3.63) is 35.4 Å². The van der Waals surface area contributed by atoms with Crippen molar-refractivity contribution in [2.24, 2.45) is 0 Å². The second-order valence-corrected chi connectivity index (χ2v) is 6.71. The molecule has 4 nitrogen and oxygen atoms in total. The fourth-order valence-corrected chi connectivity index (χ4v) is 3.85. The zero-order chi connectivity index (χ0) is 12.5. The molecule has 2 rings (SSSR count). The maximum Gasteiger partial charge on any atom is 0.154 e. The summed E-state index contributed by atoms with van der Waals surface area (Å²) in [6, 6.07) is 7.58. The lowest BCUT2D eigenvalue weighted by Crippen LogP contribution is -2.38. The van der Waals surface area contributed by atoms with Crippen LogP contribution in [0.5, 0.6) is 0 Å². The molecule has 1 fully saturated rings. The zero-order valence-corrected chi connectivity index (χ0v) is 10.6.